The number of likely N-dealkylation sites (N-methyl/N-ethyl adjacent to an activating group) is 1. The van der Waals surface area contributed by atoms with Crippen LogP contribution in [0.1, 0.15) is 122 Å². The minimum Gasteiger partial charge on any atom is -0.444 e. The molecule has 6 aliphatic heterocycles. The standard InChI is InChI=1S/C42H54N8O4Si.C33H36N8O.C31H32N8O.C2H5I/c1-42(2,3)54-41(52)49-21-19-48(20-22-49)40(51)39-46-37-25-31(11-14-38(37)50(39)29-53-23-24-55(4,5)6)35-26-36(33-27-43-16-15-34(33)45-35)44-32-12-9-30(10-13-32)28-47-17-7-8-18-47;1-2-39-15-17-41(18-16-39)33(42)32-37-28-10-7-24(19-31(28)38-32)29-20-30(26-21-34-12-11-27(26)36-29)35-25-8-5-23(6-9-25)22-40-13-3-4-14-40;40-31(39-15-11-32-12-16-39)30-36-26-8-5-22(17-29(26)37-30)27-18-28(24-19-33-10-9-25(24)35-27)34-23-6-3-21(4-7-23)20-38-13-1-2-14-38;1-2-3/h9-16,25-27H,7-8,17-24,28-29H2,1-6H3,(H,44,45);5-12,19-21H,2-4,13-18,22H2,1H3,(H,35,36)(H,37,38);3-10,17-19,32H,1-2,11-16,20H2,(H,34,35)(H,36,37);2H2,1H3. The molecule has 0 unspecified atom stereocenters. The van der Waals surface area contributed by atoms with Crippen LogP contribution in [0.3, 0.4) is 0 Å². The first-order valence-corrected chi connectivity index (χ1v) is 54.7. The summed E-state index contributed by atoms with van der Waals surface area (Å²) in [6.07, 6.45) is 18.2. The van der Waals surface area contributed by atoms with Crippen LogP contribution in [-0.2, 0) is 35.8 Å². The number of fused-ring (bicyclic) bond motifs is 6. The summed E-state index contributed by atoms with van der Waals surface area (Å²) in [5.41, 5.74) is 21.6. The van der Waals surface area contributed by atoms with Gasteiger partial charge in [-0.1, -0.05) is 111 Å². The van der Waals surface area contributed by atoms with E-state index in [1.165, 1.54) is 98.9 Å². The zero-order chi connectivity index (χ0) is 96.8. The summed E-state index contributed by atoms with van der Waals surface area (Å²) in [7, 11) is -1.32. The maximum Gasteiger partial charge on any atom is 0.410 e. The molecule has 6 aliphatic rings. The van der Waals surface area contributed by atoms with Crippen molar-refractivity contribution >= 4 is 154 Å². The number of aromatic nitrogens is 12. The number of nitrogens with zero attached hydrogens (tertiary/aromatic N) is 18. The maximum atomic E-state index is 14.1. The number of piperazine rings is 3. The lowest BCUT2D eigenvalue weighted by Crippen LogP contribution is -2.52. The fourth-order valence-corrected chi connectivity index (χ4v) is 19.5. The van der Waals surface area contributed by atoms with Gasteiger partial charge in [0.2, 0.25) is 5.82 Å². The molecule has 726 valence electrons. The second-order valence-corrected chi connectivity index (χ2v) is 46.3. The van der Waals surface area contributed by atoms with Gasteiger partial charge >= 0.3 is 6.09 Å². The van der Waals surface area contributed by atoms with Crippen LogP contribution >= 0.6 is 22.6 Å². The Morgan fingerprint density at radius 3 is 1.21 bits per heavy atom. The average molecular weight is 2010 g/mol. The first-order valence-electron chi connectivity index (χ1n) is 49.5. The van der Waals surface area contributed by atoms with Crippen molar-refractivity contribution in [1.82, 2.24) is 104 Å². The second kappa shape index (κ2) is 44.8. The zero-order valence-corrected chi connectivity index (χ0v) is 84.7. The van der Waals surface area contributed by atoms with Gasteiger partial charge in [-0.2, -0.15) is 0 Å². The number of H-pyrrole nitrogens is 2. The topological polar surface area (TPSA) is 313 Å². The molecule has 6 saturated heterocycles. The van der Waals surface area contributed by atoms with Gasteiger partial charge in [-0.15, -0.1) is 0 Å². The van der Waals surface area contributed by atoms with Crippen molar-refractivity contribution in [3.8, 4) is 33.8 Å². The molecule has 32 heteroatoms. The van der Waals surface area contributed by atoms with Crippen LogP contribution in [0.15, 0.2) is 201 Å². The molecule has 4 amide bonds. The number of likely N-dealkylation sites (tertiary alicyclic amines) is 3. The number of halogens is 1. The lowest BCUT2D eigenvalue weighted by Gasteiger charge is -2.35. The minimum atomic E-state index is -1.32. The summed E-state index contributed by atoms with van der Waals surface area (Å²) in [4.78, 5) is 119. The van der Waals surface area contributed by atoms with Gasteiger partial charge in [0.25, 0.3) is 17.7 Å². The average Bonchev–Trinajstić information content (AvgIpc) is 1.60. The van der Waals surface area contributed by atoms with Gasteiger partial charge in [-0.25, -0.2) is 34.7 Å². The Bertz CT molecular complexity index is 6840. The highest BCUT2D eigenvalue weighted by Crippen LogP contribution is 2.38. The first-order chi connectivity index (χ1) is 68.0. The third-order valence-electron chi connectivity index (χ3n) is 26.5. The van der Waals surface area contributed by atoms with Crippen LogP contribution in [0, 0.1) is 0 Å². The lowest BCUT2D eigenvalue weighted by atomic mass is 10.1. The molecular weight excluding hydrogens is 1880 g/mol. The third kappa shape index (κ3) is 24.4. The number of hydrogen-bond acceptors (Lipinski definition) is 23. The van der Waals surface area contributed by atoms with Crippen molar-refractivity contribution < 1.29 is 28.7 Å². The van der Waals surface area contributed by atoms with Gasteiger partial charge in [0.05, 0.1) is 83.8 Å². The van der Waals surface area contributed by atoms with E-state index in [0.717, 1.165) is 200 Å². The second-order valence-electron chi connectivity index (χ2n) is 39.1. The molecule has 30 nitrogen and oxygen atoms in total. The van der Waals surface area contributed by atoms with E-state index < -0.39 is 13.7 Å². The number of carbonyl (C=O) groups is 4. The number of nitrogens with one attached hydrogen (secondary N) is 6. The quantitative estimate of drug-likeness (QED) is 0.0142. The van der Waals surface area contributed by atoms with E-state index in [1.807, 2.05) is 127 Å². The Morgan fingerprint density at radius 2 is 0.800 bits per heavy atom. The highest BCUT2D eigenvalue weighted by Gasteiger charge is 2.33. The predicted molar refractivity (Wildman–Crippen MR) is 569 cm³/mol. The normalized spacial score (nSPS) is 15.8. The molecule has 0 aliphatic carbocycles. The van der Waals surface area contributed by atoms with Crippen molar-refractivity contribution in [2.24, 2.45) is 0 Å². The smallest absolute Gasteiger partial charge is 0.410 e. The molecule has 0 saturated carbocycles. The predicted octanol–water partition coefficient (Wildman–Crippen LogP) is 19.3. The van der Waals surface area contributed by atoms with Gasteiger partial charge in [0.15, 0.2) is 11.6 Å². The van der Waals surface area contributed by atoms with Crippen molar-refractivity contribution in [2.75, 3.05) is 151 Å². The van der Waals surface area contributed by atoms with Crippen LogP contribution < -0.4 is 21.3 Å². The fourth-order valence-electron chi connectivity index (χ4n) is 18.8. The summed E-state index contributed by atoms with van der Waals surface area (Å²) in [6, 6.07) is 57.0. The Labute approximate surface area is 832 Å². The zero-order valence-electron chi connectivity index (χ0n) is 81.6. The SMILES string of the molecule is CC(C)(C)OC(=O)N1CCN(C(=O)c2nc3cc(-c4cc(Nc5ccc(CN6CCCC6)cc5)c5cnccc5n4)ccc3n2COCC[Si](C)(C)C)CC1.CCI.CCN1CCN(C(=O)c2nc3ccc(-c4cc(Nc5ccc(CN6CCCC6)cc5)c5cnccc5n4)cc3[nH]2)CC1.O=C(c1nc2ccc(-c3cc(Nc4ccc(CN5CCCC5)cc4)c4cnccc4n3)cc2[nH]1)N1CCNCC1. The van der Waals surface area contributed by atoms with Gasteiger partial charge in [0.1, 0.15) is 12.3 Å². The molecule has 21 rings (SSSR count). The number of pyridine rings is 6. The van der Waals surface area contributed by atoms with E-state index in [9.17, 15) is 19.2 Å². The molecule has 0 atom stereocenters. The molecule has 9 aromatic heterocycles. The van der Waals surface area contributed by atoms with Gasteiger partial charge in [-0.3, -0.25) is 48.6 Å². The van der Waals surface area contributed by atoms with Crippen LogP contribution in [-0.4, -0.2) is 271 Å². The minimum absolute atomic E-state index is 0.0437. The first kappa shape index (κ1) is 97.4. The van der Waals surface area contributed by atoms with Gasteiger partial charge in [0, 0.05) is 200 Å². The van der Waals surface area contributed by atoms with Crippen molar-refractivity contribution in [3.63, 3.8) is 0 Å². The van der Waals surface area contributed by atoms with Crippen molar-refractivity contribution in [2.45, 2.75) is 131 Å². The Kier molecular flexibility index (Phi) is 31.2. The Hall–Kier alpha value is -12.8. The van der Waals surface area contributed by atoms with Crippen molar-refractivity contribution in [3.05, 3.63) is 235 Å². The number of ether oxygens (including phenoxy) is 2. The van der Waals surface area contributed by atoms with Crippen LogP contribution in [0.2, 0.25) is 25.7 Å². The molecule has 6 fully saturated rings. The number of carbonyl (C=O) groups excluding carboxylic acids is 4. The molecule has 0 radical (unpaired) electrons. The van der Waals surface area contributed by atoms with E-state index in [1.54, 1.807) is 28.4 Å². The number of rotatable bonds is 24. The molecule has 140 heavy (non-hydrogen) atoms. The van der Waals surface area contributed by atoms with E-state index >= 15 is 0 Å². The third-order valence-corrected chi connectivity index (χ3v) is 28.2. The number of anilines is 6. The summed E-state index contributed by atoms with van der Waals surface area (Å²) in [5, 5.41) is 17.0. The highest BCUT2D eigenvalue weighted by molar-refractivity contribution is 14.1. The highest BCUT2D eigenvalue weighted by atomic mass is 127. The lowest BCUT2D eigenvalue weighted by molar-refractivity contribution is 0.0136. The maximum absolute atomic E-state index is 14.1. The molecule has 0 bridgehead atoms. The van der Waals surface area contributed by atoms with E-state index in [4.69, 9.17) is 29.4 Å². The van der Waals surface area contributed by atoms with Crippen LogP contribution in [0.25, 0.3) is 99.6 Å². The van der Waals surface area contributed by atoms with E-state index in [-0.39, 0.29) is 30.5 Å². The summed E-state index contributed by atoms with van der Waals surface area (Å²) in [6.45, 7) is 36.5. The monoisotopic (exact) mass is 2010 g/mol. The number of benzene rings is 6. The molecule has 6 N–H and O–H groups in total. The molecular formula is C108H127IN24O6Si. The summed E-state index contributed by atoms with van der Waals surface area (Å²) < 4.78 is 14.9. The fraction of sp³-hybridized carbons (Fsp3) is 0.380. The number of alkyl halides is 1. The number of imidazole rings is 3. The summed E-state index contributed by atoms with van der Waals surface area (Å²) in [5.74, 6) is 0.789. The summed E-state index contributed by atoms with van der Waals surface area (Å²) >= 11 is 2.29. The molecule has 15 aromatic rings. The number of hydrogen-bond donors (Lipinski definition) is 6. The van der Waals surface area contributed by atoms with E-state index in [0.29, 0.717) is 68.9 Å². The van der Waals surface area contributed by atoms with Crippen molar-refractivity contribution in [1.29, 1.82) is 0 Å². The van der Waals surface area contributed by atoms with Crippen LogP contribution in [0.5, 0.6) is 0 Å². The number of aromatic amines is 2. The van der Waals surface area contributed by atoms with Gasteiger partial charge < -0.3 is 65.2 Å². The molecule has 0 spiro atoms. The Morgan fingerprint density at radius 1 is 0.414 bits per heavy atom. The Balaban J connectivity index is 0.000000139. The van der Waals surface area contributed by atoms with Gasteiger partial charge in [-0.05, 0) is 241 Å². The largest absolute Gasteiger partial charge is 0.444 e. The molecule has 6 aromatic carbocycles. The van der Waals surface area contributed by atoms with Crippen LogP contribution in [0.4, 0.5) is 38.9 Å². The molecule has 15 heterocycles. The van der Waals surface area contributed by atoms with E-state index in [2.05, 4.69) is 223 Å². The number of amides is 4.